The molecule has 1 fully saturated rings. The van der Waals surface area contributed by atoms with Crippen molar-refractivity contribution in [2.45, 2.75) is 45.2 Å². The minimum absolute atomic E-state index is 0.149. The van der Waals surface area contributed by atoms with E-state index in [1.165, 1.54) is 5.56 Å². The molecule has 0 bridgehead atoms. The highest BCUT2D eigenvalue weighted by Crippen LogP contribution is 2.35. The lowest BCUT2D eigenvalue weighted by Gasteiger charge is -2.35. The van der Waals surface area contributed by atoms with Gasteiger partial charge in [0.05, 0.1) is 0 Å². The SMILES string of the molecule is CC1(C(N)=O)CCC(NCc2ccccc2)CC1.c1ccncc1. The maximum atomic E-state index is 11.4. The summed E-state index contributed by atoms with van der Waals surface area (Å²) in [6.07, 6.45) is 7.36. The van der Waals surface area contributed by atoms with Crippen LogP contribution in [0, 0.1) is 5.41 Å². The number of carbonyl (C=O) groups excluding carboxylic acids is 1. The van der Waals surface area contributed by atoms with Gasteiger partial charge in [-0.25, -0.2) is 0 Å². The Hall–Kier alpha value is -2.20. The van der Waals surface area contributed by atoms with Gasteiger partial charge in [-0.2, -0.15) is 0 Å². The minimum Gasteiger partial charge on any atom is -0.369 e. The predicted molar refractivity (Wildman–Crippen MR) is 97.1 cm³/mol. The van der Waals surface area contributed by atoms with E-state index in [4.69, 9.17) is 5.73 Å². The van der Waals surface area contributed by atoms with E-state index in [-0.39, 0.29) is 11.3 Å². The van der Waals surface area contributed by atoms with Crippen molar-refractivity contribution in [3.05, 3.63) is 66.5 Å². The molecule has 0 saturated heterocycles. The minimum atomic E-state index is -0.287. The van der Waals surface area contributed by atoms with Crippen LogP contribution < -0.4 is 11.1 Å². The first-order chi connectivity index (χ1) is 11.6. The second-order valence-corrected chi connectivity index (χ2v) is 6.59. The molecule has 128 valence electrons. The standard InChI is InChI=1S/C15H22N2O.C5H5N/c1-15(14(16)18)9-7-13(8-10-15)17-11-12-5-3-2-4-6-12;1-2-4-6-5-3-1/h2-6,13,17H,7-11H2,1H3,(H2,16,18);1-5H. The van der Waals surface area contributed by atoms with Gasteiger partial charge >= 0.3 is 0 Å². The van der Waals surface area contributed by atoms with Crippen LogP contribution in [0.15, 0.2) is 60.9 Å². The number of rotatable bonds is 4. The molecule has 1 aromatic carbocycles. The smallest absolute Gasteiger partial charge is 0.223 e. The number of nitrogens with two attached hydrogens (primary N) is 1. The summed E-state index contributed by atoms with van der Waals surface area (Å²) in [4.78, 5) is 15.1. The molecular weight excluding hydrogens is 298 g/mol. The van der Waals surface area contributed by atoms with Crippen molar-refractivity contribution >= 4 is 5.91 Å². The highest BCUT2D eigenvalue weighted by atomic mass is 16.1. The number of amides is 1. The molecular formula is C20H27N3O. The van der Waals surface area contributed by atoms with Crippen LogP contribution in [0.25, 0.3) is 0 Å². The van der Waals surface area contributed by atoms with Crippen LogP contribution in [0.1, 0.15) is 38.2 Å². The van der Waals surface area contributed by atoms with Crippen LogP contribution in [0.4, 0.5) is 0 Å². The molecule has 0 aliphatic heterocycles. The van der Waals surface area contributed by atoms with Crippen LogP contribution in [0.3, 0.4) is 0 Å². The number of benzene rings is 1. The van der Waals surface area contributed by atoms with Gasteiger partial charge < -0.3 is 11.1 Å². The van der Waals surface area contributed by atoms with Crippen LogP contribution >= 0.6 is 0 Å². The zero-order valence-corrected chi connectivity index (χ0v) is 14.3. The summed E-state index contributed by atoms with van der Waals surface area (Å²) in [7, 11) is 0. The van der Waals surface area contributed by atoms with Crippen LogP contribution in [-0.2, 0) is 11.3 Å². The van der Waals surface area contributed by atoms with Crippen molar-refractivity contribution < 1.29 is 4.79 Å². The molecule has 4 nitrogen and oxygen atoms in total. The lowest BCUT2D eigenvalue weighted by Crippen LogP contribution is -2.42. The monoisotopic (exact) mass is 325 g/mol. The Morgan fingerprint density at radius 1 is 1.12 bits per heavy atom. The molecule has 3 N–H and O–H groups in total. The summed E-state index contributed by atoms with van der Waals surface area (Å²) in [6.45, 7) is 2.89. The van der Waals surface area contributed by atoms with E-state index in [9.17, 15) is 4.79 Å². The number of primary amides is 1. The average molecular weight is 325 g/mol. The number of nitrogens with zero attached hydrogens (tertiary/aromatic N) is 1. The van der Waals surface area contributed by atoms with E-state index in [0.29, 0.717) is 6.04 Å². The average Bonchev–Trinajstić information content (AvgIpc) is 2.64. The Morgan fingerprint density at radius 3 is 2.17 bits per heavy atom. The number of nitrogens with one attached hydrogen (secondary N) is 1. The third-order valence-corrected chi connectivity index (χ3v) is 4.69. The number of aromatic nitrogens is 1. The van der Waals surface area contributed by atoms with Crippen molar-refractivity contribution in [2.75, 3.05) is 0 Å². The Kier molecular flexibility index (Phi) is 6.94. The zero-order valence-electron chi connectivity index (χ0n) is 14.3. The van der Waals surface area contributed by atoms with Gasteiger partial charge in [0.1, 0.15) is 0 Å². The van der Waals surface area contributed by atoms with Crippen molar-refractivity contribution in [3.63, 3.8) is 0 Å². The molecule has 1 aliphatic rings. The fraction of sp³-hybridized carbons (Fsp3) is 0.400. The first-order valence-corrected chi connectivity index (χ1v) is 8.52. The van der Waals surface area contributed by atoms with Gasteiger partial charge in [-0.1, -0.05) is 43.3 Å². The van der Waals surface area contributed by atoms with Crippen molar-refractivity contribution in [1.29, 1.82) is 0 Å². The predicted octanol–water partition coefficient (Wildman–Crippen LogP) is 3.29. The zero-order chi connectivity index (χ0) is 17.3. The number of pyridine rings is 1. The molecule has 4 heteroatoms. The molecule has 0 unspecified atom stereocenters. The molecule has 0 atom stereocenters. The molecule has 24 heavy (non-hydrogen) atoms. The number of carbonyl (C=O) groups is 1. The summed E-state index contributed by atoms with van der Waals surface area (Å²) in [5.74, 6) is -0.149. The van der Waals surface area contributed by atoms with E-state index >= 15 is 0 Å². The molecule has 1 aromatic heterocycles. The second kappa shape index (κ2) is 9.18. The fourth-order valence-corrected chi connectivity index (χ4v) is 2.88. The van der Waals surface area contributed by atoms with E-state index < -0.39 is 0 Å². The normalized spacial score (nSPS) is 23.0. The summed E-state index contributed by atoms with van der Waals surface area (Å²) in [5, 5.41) is 3.56. The molecule has 0 radical (unpaired) electrons. The van der Waals surface area contributed by atoms with Crippen molar-refractivity contribution in [2.24, 2.45) is 11.1 Å². The highest BCUT2D eigenvalue weighted by Gasteiger charge is 2.35. The second-order valence-electron chi connectivity index (χ2n) is 6.59. The maximum Gasteiger partial charge on any atom is 0.223 e. The molecule has 2 aromatic rings. The Labute approximate surface area is 144 Å². The number of hydrogen-bond acceptors (Lipinski definition) is 3. The molecule has 1 saturated carbocycles. The first-order valence-electron chi connectivity index (χ1n) is 8.52. The molecule has 1 heterocycles. The lowest BCUT2D eigenvalue weighted by molar-refractivity contribution is -0.128. The molecule has 0 spiro atoms. The number of hydrogen-bond donors (Lipinski definition) is 2. The summed E-state index contributed by atoms with van der Waals surface area (Å²) >= 11 is 0. The summed E-state index contributed by atoms with van der Waals surface area (Å²) in [6, 6.07) is 16.6. The van der Waals surface area contributed by atoms with Gasteiger partial charge in [0.2, 0.25) is 5.91 Å². The van der Waals surface area contributed by atoms with Gasteiger partial charge in [0.25, 0.3) is 0 Å². The third-order valence-electron chi connectivity index (χ3n) is 4.69. The molecule has 1 aliphatic carbocycles. The Morgan fingerprint density at radius 2 is 1.71 bits per heavy atom. The Balaban J connectivity index is 0.000000292. The summed E-state index contributed by atoms with van der Waals surface area (Å²) < 4.78 is 0. The van der Waals surface area contributed by atoms with Gasteiger partial charge in [-0.15, -0.1) is 0 Å². The van der Waals surface area contributed by atoms with Gasteiger partial charge in [0.15, 0.2) is 0 Å². The van der Waals surface area contributed by atoms with E-state index in [1.54, 1.807) is 12.4 Å². The topological polar surface area (TPSA) is 68.0 Å². The van der Waals surface area contributed by atoms with Gasteiger partial charge in [-0.3, -0.25) is 9.78 Å². The van der Waals surface area contributed by atoms with Crippen molar-refractivity contribution in [1.82, 2.24) is 10.3 Å². The van der Waals surface area contributed by atoms with E-state index in [0.717, 1.165) is 32.2 Å². The molecule has 1 amide bonds. The van der Waals surface area contributed by atoms with Crippen LogP contribution in [0.5, 0.6) is 0 Å². The quantitative estimate of drug-likeness (QED) is 0.906. The van der Waals surface area contributed by atoms with Crippen LogP contribution in [-0.4, -0.2) is 16.9 Å². The largest absolute Gasteiger partial charge is 0.369 e. The summed E-state index contributed by atoms with van der Waals surface area (Å²) in [5.41, 5.74) is 6.47. The Bertz CT molecular complexity index is 566. The maximum absolute atomic E-state index is 11.4. The lowest BCUT2D eigenvalue weighted by atomic mass is 9.73. The van der Waals surface area contributed by atoms with Gasteiger partial charge in [-0.05, 0) is 43.4 Å². The van der Waals surface area contributed by atoms with Gasteiger partial charge in [0, 0.05) is 30.4 Å². The van der Waals surface area contributed by atoms with Crippen LogP contribution in [0.2, 0.25) is 0 Å². The van der Waals surface area contributed by atoms with Crippen molar-refractivity contribution in [3.8, 4) is 0 Å². The first kappa shape index (κ1) is 18.1. The van der Waals surface area contributed by atoms with E-state index in [2.05, 4.69) is 34.6 Å². The third kappa shape index (κ3) is 5.78. The van der Waals surface area contributed by atoms with E-state index in [1.807, 2.05) is 31.2 Å². The highest BCUT2D eigenvalue weighted by molar-refractivity contribution is 5.80. The fourth-order valence-electron chi connectivity index (χ4n) is 2.88. The molecule has 3 rings (SSSR count).